The molecule has 7 rings (SSSR count). The van der Waals surface area contributed by atoms with Crippen LogP contribution in [0, 0.1) is 0 Å². The molecule has 0 spiro atoms. The second-order valence-corrected chi connectivity index (χ2v) is 17.2. The molecule has 3 aliphatic rings. The van der Waals surface area contributed by atoms with E-state index in [-0.39, 0.29) is 47.2 Å². The number of hydrogen-bond donors (Lipinski definition) is 1. The number of rotatable bonds is 15. The Morgan fingerprint density at radius 3 is 1.42 bits per heavy atom. The lowest BCUT2D eigenvalue weighted by Crippen LogP contribution is -2.50. The maximum absolute atomic E-state index is 12.4. The van der Waals surface area contributed by atoms with Gasteiger partial charge >= 0.3 is 0 Å². The Bertz CT molecular complexity index is 2110. The van der Waals surface area contributed by atoms with Crippen LogP contribution in [0.3, 0.4) is 0 Å². The molecule has 3 atom stereocenters. The normalized spacial score (nSPS) is 17.8. The second-order valence-electron chi connectivity index (χ2n) is 16.8. The van der Waals surface area contributed by atoms with Gasteiger partial charge in [-0.25, -0.2) is 0 Å². The smallest absolute Gasteiger partial charge is 0.226 e. The van der Waals surface area contributed by atoms with Crippen molar-refractivity contribution in [3.05, 3.63) is 127 Å². The molecule has 3 saturated heterocycles. The molecule has 15 heteroatoms. The fourth-order valence-electron chi connectivity index (χ4n) is 7.77. The van der Waals surface area contributed by atoms with Crippen LogP contribution in [0.25, 0.3) is 0 Å². The van der Waals surface area contributed by atoms with Crippen LogP contribution in [-0.2, 0) is 44.6 Å². The molecule has 1 N–H and O–H groups in total. The highest BCUT2D eigenvalue weighted by Gasteiger charge is 2.28. The van der Waals surface area contributed by atoms with E-state index in [1.165, 1.54) is 5.56 Å². The summed E-state index contributed by atoms with van der Waals surface area (Å²) in [4.78, 5) is 66.6. The Hall–Kier alpha value is -5.64. The van der Waals surface area contributed by atoms with Crippen molar-refractivity contribution in [2.75, 3.05) is 100 Å². The van der Waals surface area contributed by atoms with Crippen molar-refractivity contribution >= 4 is 57.5 Å². The Morgan fingerprint density at radius 1 is 0.565 bits per heavy atom. The summed E-state index contributed by atoms with van der Waals surface area (Å²) in [6.45, 7) is 17.7. The molecule has 69 heavy (non-hydrogen) atoms. The van der Waals surface area contributed by atoms with Crippen LogP contribution in [-0.4, -0.2) is 147 Å². The number of halogens is 1. The Morgan fingerprint density at radius 2 is 0.971 bits per heavy atom. The molecule has 374 valence electrons. The largest absolute Gasteiger partial charge is 0.382 e. The van der Waals surface area contributed by atoms with Gasteiger partial charge in [-0.1, -0.05) is 106 Å². The molecule has 3 fully saturated rings. The zero-order valence-electron chi connectivity index (χ0n) is 41.2. The summed E-state index contributed by atoms with van der Waals surface area (Å²) < 4.78 is 17.3. The van der Waals surface area contributed by atoms with E-state index in [0.29, 0.717) is 71.7 Å². The predicted molar refractivity (Wildman–Crippen MR) is 275 cm³/mol. The fourth-order valence-corrected chi connectivity index (χ4v) is 7.77. The summed E-state index contributed by atoms with van der Waals surface area (Å²) in [6, 6.07) is 40.1. The third kappa shape index (κ3) is 20.9. The van der Waals surface area contributed by atoms with Gasteiger partial charge in [-0.3, -0.25) is 28.9 Å². The maximum Gasteiger partial charge on any atom is 0.226 e. The minimum atomic E-state index is -0.273. The summed E-state index contributed by atoms with van der Waals surface area (Å²) in [7, 11) is 0. The zero-order chi connectivity index (χ0) is 49.8. The van der Waals surface area contributed by atoms with Crippen molar-refractivity contribution in [1.29, 1.82) is 0 Å². The van der Waals surface area contributed by atoms with Crippen molar-refractivity contribution in [3.8, 4) is 0 Å². The average molecular weight is 970 g/mol. The van der Waals surface area contributed by atoms with Crippen LogP contribution < -0.4 is 15.1 Å². The van der Waals surface area contributed by atoms with E-state index in [1.54, 1.807) is 30.6 Å². The molecule has 3 aliphatic heterocycles. The number of nitrogens with zero attached hydrogens (tertiary/aromatic N) is 5. The quantitative estimate of drug-likeness (QED) is 0.119. The Balaban J connectivity index is 0.000000219. The Kier molecular flexibility index (Phi) is 25.5. The lowest BCUT2D eigenvalue weighted by molar-refractivity contribution is -0.136. The van der Waals surface area contributed by atoms with Gasteiger partial charge in [0.25, 0.3) is 0 Å². The summed E-state index contributed by atoms with van der Waals surface area (Å²) in [5, 5.41) is 3.04. The summed E-state index contributed by atoms with van der Waals surface area (Å²) in [5.74, 6) is 0.375. The number of carbonyl (C=O) groups excluding carboxylic acids is 5. The first-order valence-electron chi connectivity index (χ1n) is 24.2. The minimum Gasteiger partial charge on any atom is -0.382 e. The molecule has 0 aromatic heterocycles. The maximum atomic E-state index is 12.4. The summed E-state index contributed by atoms with van der Waals surface area (Å²) in [6.07, 6.45) is 2.41. The molecule has 4 amide bonds. The summed E-state index contributed by atoms with van der Waals surface area (Å²) >= 11 is 4.82. The fraction of sp³-hybridized carbons (Fsp3) is 0.463. The van der Waals surface area contributed by atoms with E-state index in [4.69, 9.17) is 25.8 Å². The highest BCUT2D eigenvalue weighted by Crippen LogP contribution is 2.19. The second kappa shape index (κ2) is 31.5. The van der Waals surface area contributed by atoms with E-state index in [2.05, 4.69) is 40.5 Å². The molecular formula is C54H73ClN6O8. The van der Waals surface area contributed by atoms with Gasteiger partial charge in [0.15, 0.2) is 0 Å². The number of morpholine rings is 3. The highest BCUT2D eigenvalue weighted by atomic mass is 35.5. The van der Waals surface area contributed by atoms with Crippen LogP contribution in [0.5, 0.6) is 0 Å². The third-order valence-corrected chi connectivity index (χ3v) is 11.9. The monoisotopic (exact) mass is 969 g/mol. The predicted octanol–water partition coefficient (Wildman–Crippen LogP) is 7.56. The first kappa shape index (κ1) is 56.0. The first-order chi connectivity index (χ1) is 33.4. The number of ether oxygens (including phenoxy) is 3. The van der Waals surface area contributed by atoms with Crippen molar-refractivity contribution in [3.63, 3.8) is 0 Å². The van der Waals surface area contributed by atoms with Gasteiger partial charge in [0, 0.05) is 103 Å². The van der Waals surface area contributed by atoms with Crippen LogP contribution in [0.2, 0.25) is 0 Å². The molecule has 0 radical (unpaired) electrons. The number of anilines is 3. The minimum absolute atomic E-state index is 0.0511. The van der Waals surface area contributed by atoms with E-state index in [9.17, 15) is 24.0 Å². The van der Waals surface area contributed by atoms with Gasteiger partial charge in [-0.05, 0) is 60.0 Å². The SMILES string of the molecule is CC(=O)N1CCOC(CNc2ccccc2)C1.CCC(=O)Cl.CCC(=O)N(CC1CN(C(C)=O)CCO1)c1ccccc1.CCC(=O)N(CC1CN(CCc2ccccc2)CCO1)c1ccccc1. The van der Waals surface area contributed by atoms with Gasteiger partial charge in [-0.15, -0.1) is 0 Å². The molecule has 4 aromatic carbocycles. The van der Waals surface area contributed by atoms with Gasteiger partial charge in [0.1, 0.15) is 0 Å². The third-order valence-electron chi connectivity index (χ3n) is 11.7. The van der Waals surface area contributed by atoms with Crippen molar-refractivity contribution in [2.24, 2.45) is 0 Å². The summed E-state index contributed by atoms with van der Waals surface area (Å²) in [5.41, 5.74) is 4.26. The lowest BCUT2D eigenvalue weighted by atomic mass is 10.1. The highest BCUT2D eigenvalue weighted by molar-refractivity contribution is 6.63. The molecule has 3 unspecified atom stereocenters. The number of carbonyl (C=O) groups is 5. The van der Waals surface area contributed by atoms with E-state index in [0.717, 1.165) is 56.3 Å². The number of benzene rings is 4. The van der Waals surface area contributed by atoms with Gasteiger partial charge in [0.05, 0.1) is 51.2 Å². The van der Waals surface area contributed by atoms with E-state index < -0.39 is 0 Å². The first-order valence-corrected chi connectivity index (χ1v) is 24.6. The molecule has 3 heterocycles. The van der Waals surface area contributed by atoms with Crippen molar-refractivity contribution < 1.29 is 38.2 Å². The standard InChI is InChI=1S/C22H28N2O2.C16H22N2O3.C13H18N2O2.C3H5ClO/c1-2-22(25)24(20-11-7-4-8-12-20)18-21-17-23(15-16-26-21)14-13-19-9-5-3-6-10-19;1-3-16(20)18(14-7-5-4-6-8-14)12-15-11-17(13(2)19)9-10-21-15;1-11(16)15-7-8-17-13(10-15)9-14-12-5-3-2-4-6-12;1-2-3(4)5/h3-12,21H,2,13-18H2,1H3;4-8,15H,3,9-12H2,1-2H3;2-6,13-14H,7-10H2,1H3;2H2,1H3. The van der Waals surface area contributed by atoms with Gasteiger partial charge < -0.3 is 39.1 Å². The lowest BCUT2D eigenvalue weighted by Gasteiger charge is -2.35. The average Bonchev–Trinajstić information content (AvgIpc) is 3.39. The molecule has 0 saturated carbocycles. The molecular weight excluding hydrogens is 896 g/mol. The molecule has 0 aliphatic carbocycles. The van der Waals surface area contributed by atoms with Crippen LogP contribution in [0.15, 0.2) is 121 Å². The van der Waals surface area contributed by atoms with Crippen molar-refractivity contribution in [1.82, 2.24) is 14.7 Å². The van der Waals surface area contributed by atoms with Crippen LogP contribution in [0.1, 0.15) is 59.4 Å². The number of para-hydroxylation sites is 3. The number of nitrogens with one attached hydrogen (secondary N) is 1. The molecule has 14 nitrogen and oxygen atoms in total. The van der Waals surface area contributed by atoms with Crippen molar-refractivity contribution in [2.45, 2.75) is 78.6 Å². The molecule has 0 bridgehead atoms. The Labute approximate surface area is 414 Å². The number of hydrogen-bond acceptors (Lipinski definition) is 10. The van der Waals surface area contributed by atoms with E-state index in [1.807, 2.05) is 115 Å². The van der Waals surface area contributed by atoms with Crippen LogP contribution >= 0.6 is 11.6 Å². The van der Waals surface area contributed by atoms with Gasteiger partial charge in [-0.2, -0.15) is 0 Å². The zero-order valence-corrected chi connectivity index (χ0v) is 41.9. The molecule has 4 aromatic rings. The number of amides is 4. The van der Waals surface area contributed by atoms with E-state index >= 15 is 0 Å². The van der Waals surface area contributed by atoms with Gasteiger partial charge in [0.2, 0.25) is 28.9 Å². The van der Waals surface area contributed by atoms with Crippen LogP contribution in [0.4, 0.5) is 17.1 Å². The topological polar surface area (TPSA) is 141 Å².